The molecule has 0 amide bonds. The number of hydrogen-bond acceptors (Lipinski definition) is 4. The number of hydrogen-bond donors (Lipinski definition) is 0. The third-order valence-corrected chi connectivity index (χ3v) is 4.29. The normalized spacial score (nSPS) is 19.5. The van der Waals surface area contributed by atoms with Gasteiger partial charge in [0, 0.05) is 10.8 Å². The molecular formula is C16H14ClNO2S. The second-order valence-electron chi connectivity index (χ2n) is 4.54. The molecule has 2 aromatic rings. The standard InChI is InChI=1S/C16H14ClNO2S/c1-19-14-8-2-11(3-9-14)15-10-21-16(20-15)18-13-6-4-12(17)5-7-13/h2-9,15H,10H2,1H3. The lowest BCUT2D eigenvalue weighted by atomic mass is 10.1. The highest BCUT2D eigenvalue weighted by Gasteiger charge is 2.24. The lowest BCUT2D eigenvalue weighted by Gasteiger charge is -2.10. The van der Waals surface area contributed by atoms with E-state index in [1.165, 1.54) is 0 Å². The largest absolute Gasteiger partial charge is 0.497 e. The zero-order chi connectivity index (χ0) is 14.7. The molecule has 5 heteroatoms. The summed E-state index contributed by atoms with van der Waals surface area (Å²) in [6, 6.07) is 15.3. The van der Waals surface area contributed by atoms with Gasteiger partial charge < -0.3 is 9.47 Å². The van der Waals surface area contributed by atoms with Gasteiger partial charge in [-0.25, -0.2) is 4.99 Å². The molecule has 1 saturated heterocycles. The minimum atomic E-state index is 0.0342. The zero-order valence-corrected chi connectivity index (χ0v) is 13.0. The summed E-state index contributed by atoms with van der Waals surface area (Å²) in [5.74, 6) is 1.71. The molecule has 2 aromatic carbocycles. The summed E-state index contributed by atoms with van der Waals surface area (Å²) in [7, 11) is 1.66. The molecule has 0 N–H and O–H groups in total. The van der Waals surface area contributed by atoms with Gasteiger partial charge in [-0.2, -0.15) is 0 Å². The molecule has 0 saturated carbocycles. The van der Waals surface area contributed by atoms with E-state index in [4.69, 9.17) is 21.1 Å². The summed E-state index contributed by atoms with van der Waals surface area (Å²) in [6.45, 7) is 0. The van der Waals surface area contributed by atoms with Crippen molar-refractivity contribution in [2.24, 2.45) is 4.99 Å². The van der Waals surface area contributed by atoms with Crippen LogP contribution in [0, 0.1) is 0 Å². The van der Waals surface area contributed by atoms with Gasteiger partial charge in [0.15, 0.2) is 0 Å². The summed E-state index contributed by atoms with van der Waals surface area (Å²) in [5.41, 5.74) is 1.97. The van der Waals surface area contributed by atoms with Crippen LogP contribution in [0.25, 0.3) is 0 Å². The Labute approximate surface area is 132 Å². The summed E-state index contributed by atoms with van der Waals surface area (Å²) >= 11 is 7.48. The third kappa shape index (κ3) is 3.52. The maximum absolute atomic E-state index is 5.89. The van der Waals surface area contributed by atoms with E-state index in [0.29, 0.717) is 10.3 Å². The van der Waals surface area contributed by atoms with Crippen LogP contribution in [0.15, 0.2) is 53.5 Å². The second kappa shape index (κ2) is 6.41. The number of methoxy groups -OCH3 is 1. The van der Waals surface area contributed by atoms with Gasteiger partial charge in [0.2, 0.25) is 0 Å². The maximum atomic E-state index is 5.89. The van der Waals surface area contributed by atoms with E-state index in [1.54, 1.807) is 18.9 Å². The van der Waals surface area contributed by atoms with Crippen LogP contribution in [-0.2, 0) is 4.74 Å². The van der Waals surface area contributed by atoms with Gasteiger partial charge >= 0.3 is 0 Å². The van der Waals surface area contributed by atoms with Crippen LogP contribution in [0.4, 0.5) is 5.69 Å². The lowest BCUT2D eigenvalue weighted by Crippen LogP contribution is -2.00. The summed E-state index contributed by atoms with van der Waals surface area (Å²) in [6.07, 6.45) is 0.0342. The van der Waals surface area contributed by atoms with Crippen molar-refractivity contribution in [3.05, 3.63) is 59.1 Å². The first kappa shape index (κ1) is 14.3. The van der Waals surface area contributed by atoms with Crippen molar-refractivity contribution in [2.75, 3.05) is 12.9 Å². The van der Waals surface area contributed by atoms with E-state index in [-0.39, 0.29) is 6.10 Å². The molecular weight excluding hydrogens is 306 g/mol. The smallest absolute Gasteiger partial charge is 0.251 e. The highest BCUT2D eigenvalue weighted by molar-refractivity contribution is 8.13. The molecule has 3 rings (SSSR count). The van der Waals surface area contributed by atoms with Crippen LogP contribution in [0.2, 0.25) is 5.02 Å². The molecule has 21 heavy (non-hydrogen) atoms. The Bertz CT molecular complexity index is 640. The number of ether oxygens (including phenoxy) is 2. The number of aliphatic imine (C=N–C) groups is 1. The van der Waals surface area contributed by atoms with Crippen molar-refractivity contribution in [3.63, 3.8) is 0 Å². The highest BCUT2D eigenvalue weighted by Crippen LogP contribution is 2.34. The fraction of sp³-hybridized carbons (Fsp3) is 0.188. The van der Waals surface area contributed by atoms with Crippen molar-refractivity contribution in [1.29, 1.82) is 0 Å². The van der Waals surface area contributed by atoms with Gasteiger partial charge in [0.1, 0.15) is 11.9 Å². The monoisotopic (exact) mass is 319 g/mol. The molecule has 0 spiro atoms. The third-order valence-electron chi connectivity index (χ3n) is 3.14. The topological polar surface area (TPSA) is 30.8 Å². The van der Waals surface area contributed by atoms with E-state index in [9.17, 15) is 0 Å². The van der Waals surface area contributed by atoms with Crippen molar-refractivity contribution in [3.8, 4) is 5.75 Å². The van der Waals surface area contributed by atoms with Crippen LogP contribution in [-0.4, -0.2) is 18.1 Å². The Morgan fingerprint density at radius 3 is 2.52 bits per heavy atom. The van der Waals surface area contributed by atoms with Gasteiger partial charge in [0.05, 0.1) is 12.8 Å². The summed E-state index contributed by atoms with van der Waals surface area (Å²) in [5, 5.41) is 1.40. The average molecular weight is 320 g/mol. The van der Waals surface area contributed by atoms with Gasteiger partial charge in [-0.15, -0.1) is 0 Å². The Hall–Kier alpha value is -1.65. The van der Waals surface area contributed by atoms with Crippen LogP contribution >= 0.6 is 23.4 Å². The van der Waals surface area contributed by atoms with Gasteiger partial charge in [-0.05, 0) is 42.0 Å². The SMILES string of the molecule is COc1ccc(C2CSC(=Nc3ccc(Cl)cc3)O2)cc1. The van der Waals surface area contributed by atoms with Crippen LogP contribution in [0.5, 0.6) is 5.75 Å². The molecule has 1 unspecified atom stereocenters. The first-order valence-electron chi connectivity index (χ1n) is 6.52. The first-order chi connectivity index (χ1) is 10.2. The predicted molar refractivity (Wildman–Crippen MR) is 87.8 cm³/mol. The molecule has 0 bridgehead atoms. The van der Waals surface area contributed by atoms with Gasteiger partial charge in [-0.3, -0.25) is 0 Å². The van der Waals surface area contributed by atoms with E-state index in [0.717, 1.165) is 22.8 Å². The van der Waals surface area contributed by atoms with Gasteiger partial charge in [0.25, 0.3) is 5.23 Å². The first-order valence-corrected chi connectivity index (χ1v) is 7.88. The molecule has 1 heterocycles. The second-order valence-corrected chi connectivity index (χ2v) is 5.95. The van der Waals surface area contributed by atoms with Crippen LogP contribution < -0.4 is 4.74 Å². The Morgan fingerprint density at radius 1 is 1.14 bits per heavy atom. The van der Waals surface area contributed by atoms with Gasteiger partial charge in [-0.1, -0.05) is 35.5 Å². The fourth-order valence-electron chi connectivity index (χ4n) is 2.00. The predicted octanol–water partition coefficient (Wildman–Crippen LogP) is 4.84. The number of halogens is 1. The van der Waals surface area contributed by atoms with E-state index >= 15 is 0 Å². The molecule has 0 aromatic heterocycles. The van der Waals surface area contributed by atoms with E-state index < -0.39 is 0 Å². The van der Waals surface area contributed by atoms with Crippen LogP contribution in [0.1, 0.15) is 11.7 Å². The minimum Gasteiger partial charge on any atom is -0.497 e. The molecule has 108 valence electrons. The maximum Gasteiger partial charge on any atom is 0.251 e. The lowest BCUT2D eigenvalue weighted by molar-refractivity contribution is 0.236. The number of thioether (sulfide) groups is 1. The quantitative estimate of drug-likeness (QED) is 0.811. The Morgan fingerprint density at radius 2 is 1.86 bits per heavy atom. The van der Waals surface area contributed by atoms with Crippen molar-refractivity contribution in [1.82, 2.24) is 0 Å². The molecule has 1 atom stereocenters. The Kier molecular flexibility index (Phi) is 4.36. The van der Waals surface area contributed by atoms with E-state index in [2.05, 4.69) is 4.99 Å². The molecule has 0 aliphatic carbocycles. The molecule has 0 radical (unpaired) electrons. The molecule has 3 nitrogen and oxygen atoms in total. The van der Waals surface area contributed by atoms with Crippen LogP contribution in [0.3, 0.4) is 0 Å². The molecule has 1 fully saturated rings. The van der Waals surface area contributed by atoms with E-state index in [1.807, 2.05) is 48.5 Å². The molecule has 1 aliphatic rings. The van der Waals surface area contributed by atoms with Crippen molar-refractivity contribution < 1.29 is 9.47 Å². The number of benzene rings is 2. The van der Waals surface area contributed by atoms with Crippen molar-refractivity contribution >= 4 is 34.3 Å². The average Bonchev–Trinajstić information content (AvgIpc) is 2.98. The molecule has 1 aliphatic heterocycles. The number of rotatable bonds is 3. The fourth-order valence-corrected chi connectivity index (χ4v) is 3.03. The minimum absolute atomic E-state index is 0.0342. The summed E-state index contributed by atoms with van der Waals surface area (Å²) < 4.78 is 11.1. The zero-order valence-electron chi connectivity index (χ0n) is 11.5. The summed E-state index contributed by atoms with van der Waals surface area (Å²) in [4.78, 5) is 4.48. The Balaban J connectivity index is 1.70. The van der Waals surface area contributed by atoms with Crippen molar-refractivity contribution in [2.45, 2.75) is 6.10 Å². The number of nitrogens with zero attached hydrogens (tertiary/aromatic N) is 1. The highest BCUT2D eigenvalue weighted by atomic mass is 35.5.